The second-order valence-corrected chi connectivity index (χ2v) is 4.88. The number of nitrogen functional groups attached to an aromatic ring is 1. The van der Waals surface area contributed by atoms with Gasteiger partial charge in [-0.2, -0.15) is 0 Å². The van der Waals surface area contributed by atoms with E-state index in [4.69, 9.17) is 22.4 Å². The average molecular weight is 270 g/mol. The van der Waals surface area contributed by atoms with Crippen molar-refractivity contribution >= 4 is 23.2 Å². The molecule has 1 aromatic heterocycles. The molecule has 1 fully saturated rings. The lowest BCUT2D eigenvalue weighted by Crippen LogP contribution is -2.29. The van der Waals surface area contributed by atoms with Crippen LogP contribution in [0.3, 0.4) is 0 Å². The molecule has 5 nitrogen and oxygen atoms in total. The summed E-state index contributed by atoms with van der Waals surface area (Å²) in [7, 11) is 0. The van der Waals surface area contributed by atoms with Gasteiger partial charge < -0.3 is 15.7 Å². The molecule has 3 N–H and O–H groups in total. The van der Waals surface area contributed by atoms with Crippen LogP contribution in [-0.4, -0.2) is 40.6 Å². The smallest absolute Gasteiger partial charge is 0.257 e. The molecule has 1 unspecified atom stereocenters. The van der Waals surface area contributed by atoms with Crippen LogP contribution >= 0.6 is 11.6 Å². The van der Waals surface area contributed by atoms with E-state index in [2.05, 4.69) is 4.98 Å². The molecule has 1 amide bonds. The summed E-state index contributed by atoms with van der Waals surface area (Å²) >= 11 is 5.91. The summed E-state index contributed by atoms with van der Waals surface area (Å²) in [4.78, 5) is 17.9. The molecule has 1 saturated heterocycles. The van der Waals surface area contributed by atoms with Crippen LogP contribution in [0.5, 0.6) is 0 Å². The minimum atomic E-state index is -0.139. The number of aromatic nitrogens is 1. The third-order valence-corrected chi connectivity index (χ3v) is 3.50. The summed E-state index contributed by atoms with van der Waals surface area (Å²) in [6.07, 6.45) is 3.07. The SMILES string of the molecule is Nc1cnc(Cl)c(C(=O)N2CCC(CCO)C2)c1. The van der Waals surface area contributed by atoms with Gasteiger partial charge in [-0.05, 0) is 24.8 Å². The zero-order chi connectivity index (χ0) is 13.1. The first-order chi connectivity index (χ1) is 8.61. The summed E-state index contributed by atoms with van der Waals surface area (Å²) < 4.78 is 0. The number of amides is 1. The van der Waals surface area contributed by atoms with Crippen LogP contribution in [0.1, 0.15) is 23.2 Å². The molecule has 0 radical (unpaired) electrons. The normalized spacial score (nSPS) is 19.2. The van der Waals surface area contributed by atoms with Gasteiger partial charge >= 0.3 is 0 Å². The predicted octanol–water partition coefficient (Wildman–Crippen LogP) is 1.16. The molecule has 1 aromatic rings. The van der Waals surface area contributed by atoms with E-state index in [0.29, 0.717) is 30.3 Å². The number of pyridine rings is 1. The number of carbonyl (C=O) groups is 1. The number of aliphatic hydroxyl groups excluding tert-OH is 1. The van der Waals surface area contributed by atoms with E-state index in [0.717, 1.165) is 12.8 Å². The molecule has 0 saturated carbocycles. The maximum Gasteiger partial charge on any atom is 0.257 e. The summed E-state index contributed by atoms with van der Waals surface area (Å²) in [6, 6.07) is 1.55. The molecule has 1 aliphatic rings. The summed E-state index contributed by atoms with van der Waals surface area (Å²) in [5.41, 5.74) is 6.39. The van der Waals surface area contributed by atoms with E-state index in [1.54, 1.807) is 11.0 Å². The Hall–Kier alpha value is -1.33. The number of rotatable bonds is 3. The summed E-state index contributed by atoms with van der Waals surface area (Å²) in [5.74, 6) is 0.229. The molecule has 0 aliphatic carbocycles. The lowest BCUT2D eigenvalue weighted by atomic mass is 10.1. The number of hydrogen-bond donors (Lipinski definition) is 2. The van der Waals surface area contributed by atoms with E-state index in [-0.39, 0.29) is 17.7 Å². The molecule has 1 atom stereocenters. The highest BCUT2D eigenvalue weighted by Crippen LogP contribution is 2.24. The van der Waals surface area contributed by atoms with Crippen LogP contribution in [0.25, 0.3) is 0 Å². The molecule has 1 aliphatic heterocycles. The third kappa shape index (κ3) is 2.73. The Morgan fingerprint density at radius 1 is 1.67 bits per heavy atom. The second kappa shape index (κ2) is 5.54. The Bertz CT molecular complexity index is 453. The highest BCUT2D eigenvalue weighted by molar-refractivity contribution is 6.32. The van der Waals surface area contributed by atoms with Crippen molar-refractivity contribution < 1.29 is 9.90 Å². The van der Waals surface area contributed by atoms with E-state index >= 15 is 0 Å². The van der Waals surface area contributed by atoms with Gasteiger partial charge in [-0.25, -0.2) is 4.98 Å². The number of aliphatic hydroxyl groups is 1. The third-order valence-electron chi connectivity index (χ3n) is 3.20. The quantitative estimate of drug-likeness (QED) is 0.807. The fourth-order valence-corrected chi connectivity index (χ4v) is 2.40. The number of hydrogen-bond acceptors (Lipinski definition) is 4. The highest BCUT2D eigenvalue weighted by atomic mass is 35.5. The Kier molecular flexibility index (Phi) is 4.04. The highest BCUT2D eigenvalue weighted by Gasteiger charge is 2.27. The maximum atomic E-state index is 12.3. The van der Waals surface area contributed by atoms with Gasteiger partial charge in [0.25, 0.3) is 5.91 Å². The Balaban J connectivity index is 2.10. The summed E-state index contributed by atoms with van der Waals surface area (Å²) in [5, 5.41) is 9.08. The van der Waals surface area contributed by atoms with Gasteiger partial charge in [0, 0.05) is 19.7 Å². The maximum absolute atomic E-state index is 12.3. The first kappa shape index (κ1) is 13.1. The van der Waals surface area contributed by atoms with Crippen LogP contribution in [-0.2, 0) is 0 Å². The molecule has 0 bridgehead atoms. The zero-order valence-corrected chi connectivity index (χ0v) is 10.7. The van der Waals surface area contributed by atoms with Gasteiger partial charge in [-0.3, -0.25) is 4.79 Å². The molecule has 2 rings (SSSR count). The number of carbonyl (C=O) groups excluding carboxylic acids is 1. The van der Waals surface area contributed by atoms with Crippen LogP contribution in [0.2, 0.25) is 5.15 Å². The Labute approximate surface area is 111 Å². The van der Waals surface area contributed by atoms with Gasteiger partial charge in [0.1, 0.15) is 5.15 Å². The molecular weight excluding hydrogens is 254 g/mol. The van der Waals surface area contributed by atoms with Crippen molar-refractivity contribution in [2.45, 2.75) is 12.8 Å². The minimum absolute atomic E-state index is 0.139. The average Bonchev–Trinajstić information content (AvgIpc) is 2.80. The molecule has 0 spiro atoms. The van der Waals surface area contributed by atoms with E-state index in [9.17, 15) is 4.79 Å². The van der Waals surface area contributed by atoms with Crippen molar-refractivity contribution in [2.75, 3.05) is 25.4 Å². The van der Waals surface area contributed by atoms with Crippen molar-refractivity contribution in [3.63, 3.8) is 0 Å². The van der Waals surface area contributed by atoms with Crippen molar-refractivity contribution in [3.8, 4) is 0 Å². The minimum Gasteiger partial charge on any atom is -0.397 e. The van der Waals surface area contributed by atoms with Crippen molar-refractivity contribution in [1.82, 2.24) is 9.88 Å². The first-order valence-electron chi connectivity index (χ1n) is 5.93. The largest absolute Gasteiger partial charge is 0.397 e. The van der Waals surface area contributed by atoms with Crippen LogP contribution in [0.4, 0.5) is 5.69 Å². The van der Waals surface area contributed by atoms with Crippen LogP contribution < -0.4 is 5.73 Å². The molecular formula is C12H16ClN3O2. The second-order valence-electron chi connectivity index (χ2n) is 4.53. The topological polar surface area (TPSA) is 79.5 Å². The monoisotopic (exact) mass is 269 g/mol. The predicted molar refractivity (Wildman–Crippen MR) is 69.4 cm³/mol. The number of anilines is 1. The molecule has 0 aromatic carbocycles. The molecule has 6 heteroatoms. The van der Waals surface area contributed by atoms with Gasteiger partial charge in [0.05, 0.1) is 17.4 Å². The lowest BCUT2D eigenvalue weighted by molar-refractivity contribution is 0.0784. The lowest BCUT2D eigenvalue weighted by Gasteiger charge is -2.17. The summed E-state index contributed by atoms with van der Waals surface area (Å²) in [6.45, 7) is 1.51. The molecule has 98 valence electrons. The number of likely N-dealkylation sites (tertiary alicyclic amines) is 1. The first-order valence-corrected chi connectivity index (χ1v) is 6.30. The number of nitrogens with zero attached hydrogens (tertiary/aromatic N) is 2. The number of nitrogens with two attached hydrogens (primary N) is 1. The standard InChI is InChI=1S/C12H16ClN3O2/c13-11-10(5-9(14)6-15-11)12(18)16-3-1-8(7-16)2-4-17/h5-6,8,17H,1-4,7,14H2. The Morgan fingerprint density at radius 2 is 2.44 bits per heavy atom. The molecule has 2 heterocycles. The van der Waals surface area contributed by atoms with Gasteiger partial charge in [0.2, 0.25) is 0 Å². The van der Waals surface area contributed by atoms with Crippen molar-refractivity contribution in [2.24, 2.45) is 5.92 Å². The van der Waals surface area contributed by atoms with Crippen molar-refractivity contribution in [1.29, 1.82) is 0 Å². The van der Waals surface area contributed by atoms with E-state index in [1.165, 1.54) is 6.20 Å². The fraction of sp³-hybridized carbons (Fsp3) is 0.500. The van der Waals surface area contributed by atoms with Gasteiger partial charge in [-0.1, -0.05) is 11.6 Å². The zero-order valence-electron chi connectivity index (χ0n) is 9.97. The van der Waals surface area contributed by atoms with Crippen molar-refractivity contribution in [3.05, 3.63) is 23.0 Å². The van der Waals surface area contributed by atoms with Crippen LogP contribution in [0.15, 0.2) is 12.3 Å². The van der Waals surface area contributed by atoms with Gasteiger partial charge in [0.15, 0.2) is 0 Å². The fourth-order valence-electron chi connectivity index (χ4n) is 2.22. The number of halogens is 1. The van der Waals surface area contributed by atoms with Gasteiger partial charge in [-0.15, -0.1) is 0 Å². The van der Waals surface area contributed by atoms with E-state index < -0.39 is 0 Å². The van der Waals surface area contributed by atoms with E-state index in [1.807, 2.05) is 0 Å². The molecule has 18 heavy (non-hydrogen) atoms. The Morgan fingerprint density at radius 3 is 3.17 bits per heavy atom. The van der Waals surface area contributed by atoms with Crippen LogP contribution in [0, 0.1) is 5.92 Å².